The van der Waals surface area contributed by atoms with Crippen molar-refractivity contribution in [3.05, 3.63) is 53.4 Å². The Balaban J connectivity index is 1.25. The molecule has 4 aliphatic rings. The minimum atomic E-state index is -1.56. The third-order valence-electron chi connectivity index (χ3n) is 6.29. The Labute approximate surface area is 153 Å². The van der Waals surface area contributed by atoms with Crippen molar-refractivity contribution in [3.63, 3.8) is 0 Å². The molecule has 2 aliphatic heterocycles. The topological polar surface area (TPSA) is 69.5 Å². The van der Waals surface area contributed by atoms with Gasteiger partial charge in [-0.25, -0.2) is 4.98 Å². The number of benzene rings is 1. The molecule has 1 saturated carbocycles. The Morgan fingerprint density at radius 2 is 1.96 bits per heavy atom. The summed E-state index contributed by atoms with van der Waals surface area (Å²) in [7, 11) is -1.56. The van der Waals surface area contributed by atoms with Gasteiger partial charge in [0.25, 0.3) is 0 Å². The second kappa shape index (κ2) is 6.22. The van der Waals surface area contributed by atoms with Gasteiger partial charge >= 0.3 is 7.12 Å². The molecular formula is C20H22BN3O2. The SMILES string of the molecule is OB(O)c1cnc(N2CC3CC(C2)C3Cc2ccc3c(c2)C=CC3)cn1. The van der Waals surface area contributed by atoms with E-state index in [4.69, 9.17) is 10.0 Å². The zero-order valence-corrected chi connectivity index (χ0v) is 14.6. The fourth-order valence-electron chi connectivity index (χ4n) is 4.83. The molecule has 1 aromatic heterocycles. The van der Waals surface area contributed by atoms with Crippen molar-refractivity contribution in [1.82, 2.24) is 9.97 Å². The average molecular weight is 347 g/mol. The highest BCUT2D eigenvalue weighted by atomic mass is 16.4. The molecule has 2 saturated heterocycles. The summed E-state index contributed by atoms with van der Waals surface area (Å²) in [5, 5.41) is 18.3. The van der Waals surface area contributed by atoms with Gasteiger partial charge in [-0.15, -0.1) is 0 Å². The fraction of sp³-hybridized carbons (Fsp3) is 0.400. The monoisotopic (exact) mass is 347 g/mol. The van der Waals surface area contributed by atoms with E-state index in [-0.39, 0.29) is 5.59 Å². The minimum Gasteiger partial charge on any atom is -0.422 e. The van der Waals surface area contributed by atoms with Gasteiger partial charge in [0.15, 0.2) is 0 Å². The summed E-state index contributed by atoms with van der Waals surface area (Å²) in [6.45, 7) is 2.03. The molecule has 0 amide bonds. The maximum absolute atomic E-state index is 9.14. The van der Waals surface area contributed by atoms with Gasteiger partial charge in [-0.2, -0.15) is 0 Å². The summed E-state index contributed by atoms with van der Waals surface area (Å²) in [4.78, 5) is 10.8. The maximum Gasteiger partial charge on any atom is 0.509 e. The smallest absolute Gasteiger partial charge is 0.422 e. The molecule has 2 bridgehead atoms. The maximum atomic E-state index is 9.14. The first-order chi connectivity index (χ1) is 12.7. The lowest BCUT2D eigenvalue weighted by molar-refractivity contribution is 0.0483. The van der Waals surface area contributed by atoms with Crippen LogP contribution in [0.3, 0.4) is 0 Å². The lowest BCUT2D eigenvalue weighted by Gasteiger charge is -2.54. The van der Waals surface area contributed by atoms with E-state index in [9.17, 15) is 0 Å². The van der Waals surface area contributed by atoms with Gasteiger partial charge < -0.3 is 14.9 Å². The Hall–Kier alpha value is -2.18. The molecular weight excluding hydrogens is 325 g/mol. The van der Waals surface area contributed by atoms with Gasteiger partial charge in [0.2, 0.25) is 0 Å². The number of hydrogen-bond acceptors (Lipinski definition) is 5. The largest absolute Gasteiger partial charge is 0.509 e. The van der Waals surface area contributed by atoms with Crippen LogP contribution in [0.25, 0.3) is 6.08 Å². The Bertz CT molecular complexity index is 841. The van der Waals surface area contributed by atoms with Crippen LogP contribution in [0.15, 0.2) is 36.7 Å². The van der Waals surface area contributed by atoms with E-state index in [1.54, 1.807) is 6.20 Å². The highest BCUT2D eigenvalue weighted by molar-refractivity contribution is 6.57. The Kier molecular flexibility index (Phi) is 3.83. The normalized spacial score (nSPS) is 25.8. The molecule has 2 aromatic rings. The Morgan fingerprint density at radius 1 is 1.12 bits per heavy atom. The van der Waals surface area contributed by atoms with Crippen LogP contribution >= 0.6 is 0 Å². The average Bonchev–Trinajstić information content (AvgIpc) is 3.14. The molecule has 1 aromatic carbocycles. The van der Waals surface area contributed by atoms with Gasteiger partial charge in [-0.1, -0.05) is 30.4 Å². The van der Waals surface area contributed by atoms with Crippen LogP contribution in [-0.4, -0.2) is 40.2 Å². The van der Waals surface area contributed by atoms with Crippen molar-refractivity contribution >= 4 is 24.6 Å². The van der Waals surface area contributed by atoms with Crippen LogP contribution in [0.1, 0.15) is 23.1 Å². The lowest BCUT2D eigenvalue weighted by atomic mass is 9.59. The second-order valence-electron chi connectivity index (χ2n) is 7.84. The summed E-state index contributed by atoms with van der Waals surface area (Å²) < 4.78 is 0. The van der Waals surface area contributed by atoms with Crippen LogP contribution in [0.5, 0.6) is 0 Å². The summed E-state index contributed by atoms with van der Waals surface area (Å²) >= 11 is 0. The van der Waals surface area contributed by atoms with E-state index >= 15 is 0 Å². The summed E-state index contributed by atoms with van der Waals surface area (Å²) in [6.07, 6.45) is 11.2. The van der Waals surface area contributed by atoms with Crippen molar-refractivity contribution in [2.75, 3.05) is 18.0 Å². The van der Waals surface area contributed by atoms with E-state index in [2.05, 4.69) is 45.2 Å². The molecule has 6 heteroatoms. The van der Waals surface area contributed by atoms with Crippen molar-refractivity contribution in [3.8, 4) is 0 Å². The standard InChI is InChI=1S/C20H22BN3O2/c25-21(26)19-9-23-20(10-22-19)24-11-16-8-17(12-24)18(16)7-13-4-5-14-2-1-3-15(14)6-13/h1,3-6,9-10,16-18,25-26H,2,7-8,11-12H2. The van der Waals surface area contributed by atoms with Gasteiger partial charge in [0.05, 0.1) is 11.8 Å². The number of hydrogen-bond donors (Lipinski definition) is 2. The first kappa shape index (κ1) is 16.0. The number of aromatic nitrogens is 2. The predicted molar refractivity (Wildman–Crippen MR) is 102 cm³/mol. The highest BCUT2D eigenvalue weighted by Gasteiger charge is 2.46. The van der Waals surface area contributed by atoms with Crippen molar-refractivity contribution < 1.29 is 10.0 Å². The molecule has 5 nitrogen and oxygen atoms in total. The van der Waals surface area contributed by atoms with E-state index in [1.807, 2.05) is 0 Å². The fourth-order valence-corrected chi connectivity index (χ4v) is 4.83. The number of anilines is 1. The molecule has 3 heterocycles. The van der Waals surface area contributed by atoms with Crippen molar-refractivity contribution in [2.24, 2.45) is 17.8 Å². The molecule has 132 valence electrons. The minimum absolute atomic E-state index is 0.194. The molecule has 0 radical (unpaired) electrons. The molecule has 2 N–H and O–H groups in total. The van der Waals surface area contributed by atoms with E-state index in [1.165, 1.54) is 35.7 Å². The summed E-state index contributed by atoms with van der Waals surface area (Å²) in [6, 6.07) is 6.97. The second-order valence-corrected chi connectivity index (χ2v) is 7.84. The van der Waals surface area contributed by atoms with Crippen LogP contribution in [0.2, 0.25) is 0 Å². The van der Waals surface area contributed by atoms with E-state index in [0.29, 0.717) is 11.8 Å². The zero-order valence-electron chi connectivity index (χ0n) is 14.6. The van der Waals surface area contributed by atoms with Crippen LogP contribution < -0.4 is 10.5 Å². The van der Waals surface area contributed by atoms with Gasteiger partial charge in [-0.3, -0.25) is 4.98 Å². The molecule has 6 rings (SSSR count). The molecule has 0 spiro atoms. The first-order valence-corrected chi connectivity index (χ1v) is 9.39. The third-order valence-corrected chi connectivity index (χ3v) is 6.29. The predicted octanol–water partition coefficient (Wildman–Crippen LogP) is 1.04. The molecule has 3 fully saturated rings. The van der Waals surface area contributed by atoms with E-state index in [0.717, 1.165) is 31.2 Å². The quantitative estimate of drug-likeness (QED) is 0.809. The molecule has 2 unspecified atom stereocenters. The number of rotatable bonds is 4. The molecule has 2 atom stereocenters. The summed E-state index contributed by atoms with van der Waals surface area (Å²) in [5.41, 5.74) is 4.50. The number of piperidine rings is 2. The molecule has 2 aliphatic carbocycles. The number of nitrogens with zero attached hydrogens (tertiary/aromatic N) is 3. The van der Waals surface area contributed by atoms with E-state index < -0.39 is 7.12 Å². The van der Waals surface area contributed by atoms with Gasteiger partial charge in [0, 0.05) is 19.3 Å². The van der Waals surface area contributed by atoms with Crippen LogP contribution in [0.4, 0.5) is 5.82 Å². The molecule has 26 heavy (non-hydrogen) atoms. The van der Waals surface area contributed by atoms with Crippen molar-refractivity contribution in [2.45, 2.75) is 19.3 Å². The van der Waals surface area contributed by atoms with Crippen molar-refractivity contribution in [1.29, 1.82) is 0 Å². The zero-order chi connectivity index (χ0) is 17.7. The third kappa shape index (κ3) is 2.74. The van der Waals surface area contributed by atoms with Crippen LogP contribution in [0, 0.1) is 17.8 Å². The lowest BCUT2D eigenvalue weighted by Crippen LogP contribution is -2.56. The van der Waals surface area contributed by atoms with Gasteiger partial charge in [0.1, 0.15) is 5.82 Å². The number of fused-ring (bicyclic) bond motifs is 3. The first-order valence-electron chi connectivity index (χ1n) is 9.39. The summed E-state index contributed by atoms with van der Waals surface area (Å²) in [5.74, 6) is 3.02. The Morgan fingerprint density at radius 3 is 2.69 bits per heavy atom. The number of allylic oxidation sites excluding steroid dienone is 1. The highest BCUT2D eigenvalue weighted by Crippen LogP contribution is 2.47. The van der Waals surface area contributed by atoms with Crippen LogP contribution in [-0.2, 0) is 12.8 Å². The van der Waals surface area contributed by atoms with Gasteiger partial charge in [-0.05, 0) is 53.7 Å².